The Balaban J connectivity index is 2.81. The molecule has 1 aromatic carbocycles. The molecule has 2 rings (SSSR count). The van der Waals surface area contributed by atoms with Crippen molar-refractivity contribution in [1.82, 2.24) is 4.57 Å². The lowest BCUT2D eigenvalue weighted by molar-refractivity contribution is 0.0697. The number of aliphatic hydroxyl groups is 2. The average molecular weight is 305 g/mol. The Morgan fingerprint density at radius 1 is 1.27 bits per heavy atom. The van der Waals surface area contributed by atoms with E-state index in [1.807, 2.05) is 13.8 Å². The second-order valence-electron chi connectivity index (χ2n) is 5.58. The minimum absolute atomic E-state index is 0.00104. The zero-order chi connectivity index (χ0) is 16.4. The highest BCUT2D eigenvalue weighted by atomic mass is 16.4. The highest BCUT2D eigenvalue weighted by Crippen LogP contribution is 2.26. The molecular weight excluding hydrogens is 286 g/mol. The van der Waals surface area contributed by atoms with E-state index in [1.54, 1.807) is 12.1 Å². The summed E-state index contributed by atoms with van der Waals surface area (Å²) in [4.78, 5) is 23.4. The Labute approximate surface area is 127 Å². The molecule has 1 unspecified atom stereocenters. The minimum Gasteiger partial charge on any atom is -0.478 e. The van der Waals surface area contributed by atoms with Crippen LogP contribution in [0.15, 0.2) is 29.1 Å². The summed E-state index contributed by atoms with van der Waals surface area (Å²) < 4.78 is 1.39. The summed E-state index contributed by atoms with van der Waals surface area (Å²) in [6, 6.07) is 5.97. The largest absolute Gasteiger partial charge is 0.478 e. The second-order valence-corrected chi connectivity index (χ2v) is 5.58. The maximum absolute atomic E-state index is 12.1. The summed E-state index contributed by atoms with van der Waals surface area (Å²) in [7, 11) is 0. The van der Waals surface area contributed by atoms with Crippen molar-refractivity contribution < 1.29 is 20.1 Å². The van der Waals surface area contributed by atoms with Crippen LogP contribution < -0.4 is 5.56 Å². The number of aliphatic hydroxyl groups excluding tert-OH is 2. The first kappa shape index (κ1) is 16.2. The van der Waals surface area contributed by atoms with Gasteiger partial charge >= 0.3 is 5.97 Å². The zero-order valence-corrected chi connectivity index (χ0v) is 12.5. The standard InChI is InChI=1S/C16H19NO5/c1-9(2)13-6-11(16(21)22)5-10-3-4-14(20)17(15(10)13)7-12(19)8-18/h3-6,9,12,18-19H,7-8H2,1-2H3,(H,21,22). The van der Waals surface area contributed by atoms with Crippen LogP contribution in [-0.2, 0) is 6.54 Å². The number of carboxylic acid groups (broad SMARTS) is 1. The molecule has 1 aromatic heterocycles. The van der Waals surface area contributed by atoms with Crippen LogP contribution in [0.2, 0.25) is 0 Å². The third-order valence-corrected chi connectivity index (χ3v) is 3.58. The lowest BCUT2D eigenvalue weighted by atomic mass is 9.96. The number of benzene rings is 1. The van der Waals surface area contributed by atoms with Crippen LogP contribution in [0.25, 0.3) is 10.9 Å². The van der Waals surface area contributed by atoms with Crippen molar-refractivity contribution in [3.8, 4) is 0 Å². The summed E-state index contributed by atoms with van der Waals surface area (Å²) >= 11 is 0. The van der Waals surface area contributed by atoms with Crippen LogP contribution in [0.3, 0.4) is 0 Å². The Morgan fingerprint density at radius 3 is 2.50 bits per heavy atom. The maximum atomic E-state index is 12.1. The molecule has 3 N–H and O–H groups in total. The predicted molar refractivity (Wildman–Crippen MR) is 82.3 cm³/mol. The molecule has 1 atom stereocenters. The predicted octanol–water partition coefficient (Wildman–Crippen LogP) is 1.18. The Bertz CT molecular complexity index is 763. The molecule has 6 nitrogen and oxygen atoms in total. The van der Waals surface area contributed by atoms with Gasteiger partial charge in [0.15, 0.2) is 0 Å². The summed E-state index contributed by atoms with van der Waals surface area (Å²) in [6.07, 6.45) is -1.05. The molecule has 1 heterocycles. The lowest BCUT2D eigenvalue weighted by Gasteiger charge is -2.18. The van der Waals surface area contributed by atoms with Crippen molar-refractivity contribution in [2.45, 2.75) is 32.4 Å². The molecule has 0 aliphatic carbocycles. The summed E-state index contributed by atoms with van der Waals surface area (Å²) in [5.74, 6) is -1.03. The van der Waals surface area contributed by atoms with Gasteiger partial charge in [0.1, 0.15) is 0 Å². The molecule has 2 aromatic rings. The fourth-order valence-electron chi connectivity index (χ4n) is 2.49. The van der Waals surface area contributed by atoms with Crippen molar-refractivity contribution >= 4 is 16.9 Å². The molecule has 0 radical (unpaired) electrons. The lowest BCUT2D eigenvalue weighted by Crippen LogP contribution is -2.29. The number of pyridine rings is 1. The average Bonchev–Trinajstić information content (AvgIpc) is 2.48. The molecule has 0 fully saturated rings. The molecule has 0 spiro atoms. The van der Waals surface area contributed by atoms with Crippen LogP contribution in [0.5, 0.6) is 0 Å². The first-order valence-electron chi connectivity index (χ1n) is 7.04. The number of hydrogen-bond donors (Lipinski definition) is 3. The Kier molecular flexibility index (Phi) is 4.63. The van der Waals surface area contributed by atoms with Gasteiger partial charge in [0.05, 0.1) is 30.3 Å². The highest BCUT2D eigenvalue weighted by molar-refractivity contribution is 5.95. The van der Waals surface area contributed by atoms with Gasteiger partial charge in [-0.1, -0.05) is 13.8 Å². The molecule has 22 heavy (non-hydrogen) atoms. The van der Waals surface area contributed by atoms with Crippen LogP contribution in [0.1, 0.15) is 35.7 Å². The number of hydrogen-bond acceptors (Lipinski definition) is 4. The number of fused-ring (bicyclic) bond motifs is 1. The molecule has 0 aliphatic heterocycles. The van der Waals surface area contributed by atoms with Gasteiger partial charge in [0.2, 0.25) is 0 Å². The van der Waals surface area contributed by atoms with E-state index < -0.39 is 18.7 Å². The smallest absolute Gasteiger partial charge is 0.335 e. The first-order valence-corrected chi connectivity index (χ1v) is 7.04. The van der Waals surface area contributed by atoms with Crippen LogP contribution >= 0.6 is 0 Å². The number of aromatic nitrogens is 1. The SMILES string of the molecule is CC(C)c1cc(C(=O)O)cc2ccc(=O)n(CC(O)CO)c12. The third kappa shape index (κ3) is 3.03. The molecular formula is C16H19NO5. The van der Waals surface area contributed by atoms with E-state index in [0.29, 0.717) is 10.9 Å². The Hall–Kier alpha value is -2.18. The fraction of sp³-hybridized carbons (Fsp3) is 0.375. The van der Waals surface area contributed by atoms with Gasteiger partial charge in [0.25, 0.3) is 5.56 Å². The molecule has 6 heteroatoms. The van der Waals surface area contributed by atoms with Gasteiger partial charge < -0.3 is 19.9 Å². The zero-order valence-electron chi connectivity index (χ0n) is 12.5. The number of carbonyl (C=O) groups is 1. The molecule has 0 saturated heterocycles. The molecule has 0 bridgehead atoms. The van der Waals surface area contributed by atoms with Gasteiger partial charge in [-0.15, -0.1) is 0 Å². The van der Waals surface area contributed by atoms with Crippen LogP contribution in [0, 0.1) is 0 Å². The summed E-state index contributed by atoms with van der Waals surface area (Å²) in [6.45, 7) is 3.32. The van der Waals surface area contributed by atoms with Crippen molar-refractivity contribution in [1.29, 1.82) is 0 Å². The molecule has 0 amide bonds. The second kappa shape index (κ2) is 6.29. The first-order chi connectivity index (χ1) is 10.3. The van der Waals surface area contributed by atoms with Crippen molar-refractivity contribution in [3.63, 3.8) is 0 Å². The normalized spacial score (nSPS) is 12.8. The third-order valence-electron chi connectivity index (χ3n) is 3.58. The number of nitrogens with zero attached hydrogens (tertiary/aromatic N) is 1. The van der Waals surface area contributed by atoms with Crippen molar-refractivity contribution in [2.75, 3.05) is 6.61 Å². The topological polar surface area (TPSA) is 99.8 Å². The van der Waals surface area contributed by atoms with Gasteiger partial charge in [-0.25, -0.2) is 4.79 Å². The van der Waals surface area contributed by atoms with Crippen LogP contribution in [-0.4, -0.2) is 38.6 Å². The molecule has 118 valence electrons. The fourth-order valence-corrected chi connectivity index (χ4v) is 2.49. The van der Waals surface area contributed by atoms with E-state index in [9.17, 15) is 19.8 Å². The van der Waals surface area contributed by atoms with Gasteiger partial charge in [-0.3, -0.25) is 4.79 Å². The van der Waals surface area contributed by atoms with E-state index in [4.69, 9.17) is 5.11 Å². The van der Waals surface area contributed by atoms with E-state index in [0.717, 1.165) is 5.56 Å². The minimum atomic E-state index is -1.05. The van der Waals surface area contributed by atoms with E-state index >= 15 is 0 Å². The van der Waals surface area contributed by atoms with Crippen LogP contribution in [0.4, 0.5) is 0 Å². The van der Waals surface area contributed by atoms with Gasteiger partial charge in [0, 0.05) is 6.07 Å². The molecule has 0 saturated carbocycles. The number of rotatable bonds is 5. The summed E-state index contributed by atoms with van der Waals surface area (Å²) in [5.41, 5.74) is 1.17. The van der Waals surface area contributed by atoms with Crippen molar-refractivity contribution in [3.05, 3.63) is 45.7 Å². The quantitative estimate of drug-likeness (QED) is 0.770. The monoisotopic (exact) mass is 305 g/mol. The number of carboxylic acids is 1. The Morgan fingerprint density at radius 2 is 1.95 bits per heavy atom. The molecule has 0 aliphatic rings. The van der Waals surface area contributed by atoms with E-state index in [2.05, 4.69) is 0 Å². The summed E-state index contributed by atoms with van der Waals surface area (Å²) in [5, 5.41) is 28.5. The van der Waals surface area contributed by atoms with E-state index in [-0.39, 0.29) is 23.6 Å². The van der Waals surface area contributed by atoms with E-state index in [1.165, 1.54) is 16.7 Å². The number of aromatic carboxylic acids is 1. The maximum Gasteiger partial charge on any atom is 0.335 e. The highest BCUT2D eigenvalue weighted by Gasteiger charge is 2.16. The van der Waals surface area contributed by atoms with Crippen molar-refractivity contribution in [2.24, 2.45) is 0 Å². The van der Waals surface area contributed by atoms with Gasteiger partial charge in [-0.2, -0.15) is 0 Å². The van der Waals surface area contributed by atoms with Gasteiger partial charge in [-0.05, 0) is 35.1 Å².